The van der Waals surface area contributed by atoms with E-state index >= 15 is 0 Å². The van der Waals surface area contributed by atoms with Crippen molar-refractivity contribution in [2.75, 3.05) is 0 Å². The second-order valence-electron chi connectivity index (χ2n) is 6.14. The van der Waals surface area contributed by atoms with Crippen LogP contribution >= 0.6 is 0 Å². The minimum absolute atomic E-state index is 0.0297. The average molecular weight is 406 g/mol. The fourth-order valence-electron chi connectivity index (χ4n) is 2.78. The first-order valence-corrected chi connectivity index (χ1v) is 10.4. The number of unbranched alkanes of at least 4 members (excludes halogenated alkanes) is 1. The van der Waals surface area contributed by atoms with E-state index in [2.05, 4.69) is 91.9 Å². The normalized spacial score (nSPS) is 11.1. The fraction of sp³-hybridized carbons (Fsp3) is 0.182. The number of hydrogen-bond donors (Lipinski definition) is 0. The van der Waals surface area contributed by atoms with E-state index in [9.17, 15) is 17.3 Å². The summed E-state index contributed by atoms with van der Waals surface area (Å²) in [6, 6.07) is 30.8. The fourth-order valence-corrected chi connectivity index (χ4v) is 5.07. The molecular weight excluding hydrogens is 383 g/mol. The highest BCUT2D eigenvalue weighted by atomic mass is 32.2. The van der Waals surface area contributed by atoms with Crippen LogP contribution in [0.4, 0.5) is 17.3 Å². The van der Waals surface area contributed by atoms with Crippen molar-refractivity contribution in [1.29, 1.82) is 0 Å². The van der Waals surface area contributed by atoms with Crippen LogP contribution < -0.4 is 0 Å². The molecule has 0 bridgehead atoms. The number of rotatable bonds is 6. The molecule has 0 N–H and O–H groups in total. The van der Waals surface area contributed by atoms with Crippen molar-refractivity contribution >= 4 is 18.1 Å². The van der Waals surface area contributed by atoms with E-state index in [4.69, 9.17) is 0 Å². The lowest BCUT2D eigenvalue weighted by molar-refractivity contribution is 0.368. The first kappa shape index (κ1) is 22.1. The summed E-state index contributed by atoms with van der Waals surface area (Å²) in [6.45, 7) is 2.26. The van der Waals surface area contributed by atoms with Gasteiger partial charge in [-0.25, -0.2) is 0 Å². The predicted octanol–water partition coefficient (Wildman–Crippen LogP) is 7.42. The smallest absolute Gasteiger partial charge is 0.418 e. The zero-order chi connectivity index (χ0) is 20.4. The van der Waals surface area contributed by atoms with E-state index in [1.807, 2.05) is 0 Å². The molecule has 28 heavy (non-hydrogen) atoms. The highest BCUT2D eigenvalue weighted by Crippen LogP contribution is 2.33. The Bertz CT molecular complexity index is 777. The zero-order valence-corrected chi connectivity index (χ0v) is 16.5. The van der Waals surface area contributed by atoms with Gasteiger partial charge in [-0.05, 0) is 43.2 Å². The Labute approximate surface area is 167 Å². The van der Waals surface area contributed by atoms with Gasteiger partial charge in [0.1, 0.15) is 0 Å². The third kappa shape index (κ3) is 7.43. The van der Waals surface area contributed by atoms with Crippen molar-refractivity contribution in [3.63, 3.8) is 0 Å². The molecule has 0 aromatic heterocycles. The van der Waals surface area contributed by atoms with Gasteiger partial charge in [-0.15, -0.1) is 0 Å². The largest absolute Gasteiger partial charge is 0.673 e. The Morgan fingerprint density at radius 1 is 0.679 bits per heavy atom. The van der Waals surface area contributed by atoms with Gasteiger partial charge in [-0.2, -0.15) is 0 Å². The number of aryl methyl sites for hydroxylation is 1. The topological polar surface area (TPSA) is 0 Å². The minimum atomic E-state index is -6.00. The van der Waals surface area contributed by atoms with Crippen LogP contribution in [0.15, 0.2) is 99.6 Å². The van der Waals surface area contributed by atoms with Crippen molar-refractivity contribution in [2.45, 2.75) is 40.9 Å². The Morgan fingerprint density at radius 3 is 1.57 bits per heavy atom. The van der Waals surface area contributed by atoms with E-state index in [0.717, 1.165) is 6.42 Å². The first-order chi connectivity index (χ1) is 13.4. The molecule has 6 heteroatoms. The second kappa shape index (κ2) is 11.0. The van der Waals surface area contributed by atoms with E-state index in [0.29, 0.717) is 0 Å². The number of halogens is 4. The Balaban J connectivity index is 0.000000500. The van der Waals surface area contributed by atoms with Crippen LogP contribution in [0.1, 0.15) is 25.3 Å². The van der Waals surface area contributed by atoms with Crippen LogP contribution in [0.2, 0.25) is 0 Å². The predicted molar refractivity (Wildman–Crippen MR) is 110 cm³/mol. The molecule has 0 saturated heterocycles. The Morgan fingerprint density at radius 2 is 1.11 bits per heavy atom. The number of benzene rings is 3. The van der Waals surface area contributed by atoms with Crippen molar-refractivity contribution in [1.82, 2.24) is 0 Å². The number of hydrogen-bond acceptors (Lipinski definition) is 0. The molecule has 3 aromatic carbocycles. The van der Waals surface area contributed by atoms with Gasteiger partial charge >= 0.3 is 7.25 Å². The quantitative estimate of drug-likeness (QED) is 0.227. The van der Waals surface area contributed by atoms with Crippen LogP contribution in [0.25, 0.3) is 0 Å². The summed E-state index contributed by atoms with van der Waals surface area (Å²) in [7, 11) is -6.03. The third-order valence-electron chi connectivity index (χ3n) is 3.95. The van der Waals surface area contributed by atoms with Crippen molar-refractivity contribution in [2.24, 2.45) is 0 Å². The highest BCUT2D eigenvalue weighted by molar-refractivity contribution is 7.97. The van der Waals surface area contributed by atoms with Crippen LogP contribution in [0, 0.1) is 0 Å². The third-order valence-corrected chi connectivity index (χ3v) is 6.28. The van der Waals surface area contributed by atoms with E-state index < -0.39 is 7.25 Å². The standard InChI is InChI=1S/C22H23S.BF4/c1-2-3-12-19-13-10-11-18-22(19)23(20-14-6-4-7-15-20)21-16-8-5-9-17-21;2-1(3,4)5/h4-11,13-18H,2-3,12H2,1H3;/q+1;-1. The van der Waals surface area contributed by atoms with E-state index in [-0.39, 0.29) is 10.9 Å². The molecule has 0 aliphatic rings. The lowest BCUT2D eigenvalue weighted by Gasteiger charge is -2.11. The summed E-state index contributed by atoms with van der Waals surface area (Å²) in [6.07, 6.45) is 3.65. The van der Waals surface area contributed by atoms with Gasteiger partial charge < -0.3 is 17.3 Å². The molecular formula is C22H23BF4S. The van der Waals surface area contributed by atoms with Crippen molar-refractivity contribution in [3.05, 3.63) is 90.5 Å². The first-order valence-electron chi connectivity index (χ1n) is 9.19. The van der Waals surface area contributed by atoms with Crippen LogP contribution in [-0.4, -0.2) is 7.25 Å². The molecule has 0 amide bonds. The van der Waals surface area contributed by atoms with Crippen LogP contribution in [-0.2, 0) is 17.3 Å². The van der Waals surface area contributed by atoms with Gasteiger partial charge in [0.2, 0.25) is 0 Å². The Kier molecular flexibility index (Phi) is 8.64. The van der Waals surface area contributed by atoms with Gasteiger partial charge in [0.15, 0.2) is 14.7 Å². The van der Waals surface area contributed by atoms with Gasteiger partial charge in [-0.3, -0.25) is 0 Å². The van der Waals surface area contributed by atoms with E-state index in [1.54, 1.807) is 0 Å². The lowest BCUT2D eigenvalue weighted by Crippen LogP contribution is -2.07. The van der Waals surface area contributed by atoms with Crippen molar-refractivity contribution in [3.8, 4) is 0 Å². The molecule has 0 aliphatic carbocycles. The lowest BCUT2D eigenvalue weighted by atomic mass is 10.1. The van der Waals surface area contributed by atoms with Gasteiger partial charge in [-0.1, -0.05) is 67.9 Å². The molecule has 0 unspecified atom stereocenters. The summed E-state index contributed by atoms with van der Waals surface area (Å²) in [5.41, 5.74) is 1.49. The molecule has 148 valence electrons. The van der Waals surface area contributed by atoms with Crippen LogP contribution in [0.3, 0.4) is 0 Å². The summed E-state index contributed by atoms with van der Waals surface area (Å²) in [5.74, 6) is 0. The Hall–Kier alpha value is -2.21. The molecule has 0 spiro atoms. The molecule has 0 aliphatic heterocycles. The highest BCUT2D eigenvalue weighted by Gasteiger charge is 2.30. The average Bonchev–Trinajstić information content (AvgIpc) is 2.68. The van der Waals surface area contributed by atoms with Gasteiger partial charge in [0.25, 0.3) is 0 Å². The summed E-state index contributed by atoms with van der Waals surface area (Å²) >= 11 is 0. The summed E-state index contributed by atoms with van der Waals surface area (Å²) < 4.78 is 39.0. The summed E-state index contributed by atoms with van der Waals surface area (Å²) in [5, 5.41) is 0. The second-order valence-corrected chi connectivity index (χ2v) is 8.13. The zero-order valence-electron chi connectivity index (χ0n) is 15.7. The van der Waals surface area contributed by atoms with Gasteiger partial charge in [0, 0.05) is 5.56 Å². The SMILES string of the molecule is CCCCc1ccccc1[S+](c1ccccc1)c1ccccc1.F[B-](F)(F)F. The maximum atomic E-state index is 9.75. The molecule has 0 saturated carbocycles. The van der Waals surface area contributed by atoms with Crippen LogP contribution in [0.5, 0.6) is 0 Å². The molecule has 0 heterocycles. The molecule has 0 atom stereocenters. The molecule has 0 fully saturated rings. The summed E-state index contributed by atoms with van der Waals surface area (Å²) in [4.78, 5) is 4.25. The van der Waals surface area contributed by atoms with Crippen molar-refractivity contribution < 1.29 is 17.3 Å². The monoisotopic (exact) mass is 406 g/mol. The molecule has 3 aromatic rings. The molecule has 0 nitrogen and oxygen atoms in total. The maximum Gasteiger partial charge on any atom is 0.673 e. The van der Waals surface area contributed by atoms with Gasteiger partial charge in [0.05, 0.1) is 10.9 Å². The molecule has 3 rings (SSSR count). The van der Waals surface area contributed by atoms with E-state index in [1.165, 1.54) is 33.1 Å². The molecule has 0 radical (unpaired) electrons. The minimum Gasteiger partial charge on any atom is -0.418 e. The maximum absolute atomic E-state index is 9.75.